The SMILES string of the molecule is CNC(=O)CCOc1ccc(C)cc1C(C)N. The van der Waals surface area contributed by atoms with Crippen LogP contribution < -0.4 is 15.8 Å². The van der Waals surface area contributed by atoms with Crippen LogP contribution in [0.1, 0.15) is 30.5 Å². The minimum Gasteiger partial charge on any atom is -0.493 e. The first-order valence-corrected chi connectivity index (χ1v) is 5.74. The number of carbonyl (C=O) groups excluding carboxylic acids is 1. The molecule has 17 heavy (non-hydrogen) atoms. The van der Waals surface area contributed by atoms with Crippen LogP contribution in [0.3, 0.4) is 0 Å². The molecule has 0 aliphatic rings. The molecule has 0 saturated heterocycles. The van der Waals surface area contributed by atoms with E-state index in [4.69, 9.17) is 10.5 Å². The highest BCUT2D eigenvalue weighted by Gasteiger charge is 2.08. The summed E-state index contributed by atoms with van der Waals surface area (Å²) in [5.41, 5.74) is 8.00. The van der Waals surface area contributed by atoms with Gasteiger partial charge in [-0.1, -0.05) is 17.7 Å². The molecule has 1 amide bonds. The summed E-state index contributed by atoms with van der Waals surface area (Å²) < 4.78 is 5.59. The maximum atomic E-state index is 11.1. The Kier molecular flexibility index (Phi) is 4.97. The number of benzene rings is 1. The summed E-state index contributed by atoms with van der Waals surface area (Å²) >= 11 is 0. The molecule has 94 valence electrons. The Bertz CT molecular complexity index is 389. The van der Waals surface area contributed by atoms with Gasteiger partial charge in [0.05, 0.1) is 13.0 Å². The zero-order valence-corrected chi connectivity index (χ0v) is 10.6. The van der Waals surface area contributed by atoms with Crippen LogP contribution in [-0.2, 0) is 4.79 Å². The van der Waals surface area contributed by atoms with Crippen molar-refractivity contribution in [2.45, 2.75) is 26.3 Å². The Labute approximate surface area is 102 Å². The van der Waals surface area contributed by atoms with Gasteiger partial charge in [-0.3, -0.25) is 4.79 Å². The van der Waals surface area contributed by atoms with Crippen LogP contribution in [0.4, 0.5) is 0 Å². The summed E-state index contributed by atoms with van der Waals surface area (Å²) in [6, 6.07) is 5.81. The largest absolute Gasteiger partial charge is 0.493 e. The van der Waals surface area contributed by atoms with Crippen LogP contribution in [0.2, 0.25) is 0 Å². The summed E-state index contributed by atoms with van der Waals surface area (Å²) in [6.45, 7) is 4.29. The van der Waals surface area contributed by atoms with E-state index in [1.54, 1.807) is 7.05 Å². The van der Waals surface area contributed by atoms with Crippen molar-refractivity contribution in [1.29, 1.82) is 0 Å². The second kappa shape index (κ2) is 6.25. The molecule has 1 rings (SSSR count). The Balaban J connectivity index is 2.67. The summed E-state index contributed by atoms with van der Waals surface area (Å²) in [5, 5.41) is 2.55. The van der Waals surface area contributed by atoms with Gasteiger partial charge >= 0.3 is 0 Å². The van der Waals surface area contributed by atoms with E-state index in [1.807, 2.05) is 32.0 Å². The third-order valence-electron chi connectivity index (χ3n) is 2.52. The van der Waals surface area contributed by atoms with Crippen LogP contribution in [0.25, 0.3) is 0 Å². The molecule has 0 aliphatic heterocycles. The maximum Gasteiger partial charge on any atom is 0.223 e. The monoisotopic (exact) mass is 236 g/mol. The summed E-state index contributed by atoms with van der Waals surface area (Å²) in [6.07, 6.45) is 0.350. The van der Waals surface area contributed by atoms with E-state index in [-0.39, 0.29) is 11.9 Å². The minimum absolute atomic E-state index is 0.0283. The van der Waals surface area contributed by atoms with Gasteiger partial charge in [-0.15, -0.1) is 0 Å². The fourth-order valence-corrected chi connectivity index (χ4v) is 1.53. The van der Waals surface area contributed by atoms with Crippen molar-refractivity contribution < 1.29 is 9.53 Å². The Morgan fingerprint density at radius 3 is 2.82 bits per heavy atom. The average Bonchev–Trinajstić information content (AvgIpc) is 2.30. The summed E-state index contributed by atoms with van der Waals surface area (Å²) in [7, 11) is 1.61. The van der Waals surface area contributed by atoms with Gasteiger partial charge in [-0.05, 0) is 19.9 Å². The van der Waals surface area contributed by atoms with Gasteiger partial charge in [0, 0.05) is 18.7 Å². The lowest BCUT2D eigenvalue weighted by molar-refractivity contribution is -0.121. The van der Waals surface area contributed by atoms with E-state index >= 15 is 0 Å². The van der Waals surface area contributed by atoms with Gasteiger partial charge in [0.1, 0.15) is 5.75 Å². The van der Waals surface area contributed by atoms with Crippen LogP contribution in [-0.4, -0.2) is 19.6 Å². The maximum absolute atomic E-state index is 11.1. The number of hydrogen-bond acceptors (Lipinski definition) is 3. The molecule has 1 atom stereocenters. The van der Waals surface area contributed by atoms with Crippen LogP contribution in [0, 0.1) is 6.92 Å². The van der Waals surface area contributed by atoms with Crippen LogP contribution >= 0.6 is 0 Å². The van der Waals surface area contributed by atoms with Gasteiger partial charge in [0.15, 0.2) is 0 Å². The van der Waals surface area contributed by atoms with Crippen molar-refractivity contribution in [2.75, 3.05) is 13.7 Å². The van der Waals surface area contributed by atoms with Crippen molar-refractivity contribution in [1.82, 2.24) is 5.32 Å². The number of carbonyl (C=O) groups is 1. The van der Waals surface area contributed by atoms with Gasteiger partial charge in [0.2, 0.25) is 5.91 Å². The summed E-state index contributed by atoms with van der Waals surface area (Å²) in [5.74, 6) is 0.731. The second-order valence-electron chi connectivity index (χ2n) is 4.10. The molecular formula is C13H20N2O2. The molecule has 0 saturated carbocycles. The van der Waals surface area contributed by atoms with Crippen LogP contribution in [0.15, 0.2) is 18.2 Å². The molecule has 1 aromatic rings. The Morgan fingerprint density at radius 2 is 2.24 bits per heavy atom. The van der Waals surface area contributed by atoms with Crippen molar-refractivity contribution in [3.63, 3.8) is 0 Å². The third-order valence-corrected chi connectivity index (χ3v) is 2.52. The van der Waals surface area contributed by atoms with Crippen molar-refractivity contribution in [3.8, 4) is 5.75 Å². The molecule has 4 nitrogen and oxygen atoms in total. The topological polar surface area (TPSA) is 64.3 Å². The van der Waals surface area contributed by atoms with Crippen LogP contribution in [0.5, 0.6) is 5.75 Å². The molecule has 1 aromatic carbocycles. The summed E-state index contributed by atoms with van der Waals surface area (Å²) in [4.78, 5) is 11.1. The van der Waals surface area contributed by atoms with E-state index < -0.39 is 0 Å². The number of aryl methyl sites for hydroxylation is 1. The quantitative estimate of drug-likeness (QED) is 0.815. The zero-order chi connectivity index (χ0) is 12.8. The number of ether oxygens (including phenoxy) is 1. The van der Waals surface area contributed by atoms with E-state index in [0.29, 0.717) is 13.0 Å². The minimum atomic E-state index is -0.0788. The smallest absolute Gasteiger partial charge is 0.223 e. The normalized spacial score (nSPS) is 12.0. The average molecular weight is 236 g/mol. The van der Waals surface area contributed by atoms with Gasteiger partial charge in [-0.25, -0.2) is 0 Å². The number of hydrogen-bond donors (Lipinski definition) is 2. The molecule has 3 N–H and O–H groups in total. The van der Waals surface area contributed by atoms with Crippen molar-refractivity contribution in [3.05, 3.63) is 29.3 Å². The number of amides is 1. The Morgan fingerprint density at radius 1 is 1.53 bits per heavy atom. The molecule has 0 radical (unpaired) electrons. The number of nitrogens with one attached hydrogen (secondary N) is 1. The number of nitrogens with two attached hydrogens (primary N) is 1. The molecule has 0 bridgehead atoms. The molecular weight excluding hydrogens is 216 g/mol. The highest BCUT2D eigenvalue weighted by molar-refractivity contribution is 5.75. The molecule has 0 spiro atoms. The fraction of sp³-hybridized carbons (Fsp3) is 0.462. The van der Waals surface area contributed by atoms with Crippen molar-refractivity contribution in [2.24, 2.45) is 5.73 Å². The predicted molar refractivity (Wildman–Crippen MR) is 68.0 cm³/mol. The van der Waals surface area contributed by atoms with E-state index in [0.717, 1.165) is 16.9 Å². The van der Waals surface area contributed by atoms with Gasteiger partial charge < -0.3 is 15.8 Å². The van der Waals surface area contributed by atoms with Crippen molar-refractivity contribution >= 4 is 5.91 Å². The Hall–Kier alpha value is -1.55. The lowest BCUT2D eigenvalue weighted by atomic mass is 10.1. The molecule has 0 heterocycles. The first-order valence-electron chi connectivity index (χ1n) is 5.74. The zero-order valence-electron chi connectivity index (χ0n) is 10.6. The standard InChI is InChI=1S/C13H20N2O2/c1-9-4-5-12(11(8-9)10(2)14)17-7-6-13(16)15-3/h4-5,8,10H,6-7,14H2,1-3H3,(H,15,16). The lowest BCUT2D eigenvalue weighted by Crippen LogP contribution is -2.20. The first-order chi connectivity index (χ1) is 8.04. The third kappa shape index (κ3) is 4.07. The predicted octanol–water partition coefficient (Wildman–Crippen LogP) is 1.53. The first kappa shape index (κ1) is 13.5. The molecule has 0 aliphatic carbocycles. The molecule has 0 aromatic heterocycles. The highest BCUT2D eigenvalue weighted by Crippen LogP contribution is 2.25. The number of rotatable bonds is 5. The second-order valence-corrected chi connectivity index (χ2v) is 4.10. The molecule has 1 unspecified atom stereocenters. The molecule has 0 fully saturated rings. The fourth-order valence-electron chi connectivity index (χ4n) is 1.53. The van der Waals surface area contributed by atoms with Gasteiger partial charge in [-0.2, -0.15) is 0 Å². The van der Waals surface area contributed by atoms with E-state index in [2.05, 4.69) is 5.32 Å². The molecule has 4 heteroatoms. The lowest BCUT2D eigenvalue weighted by Gasteiger charge is -2.14. The van der Waals surface area contributed by atoms with Gasteiger partial charge in [0.25, 0.3) is 0 Å². The van der Waals surface area contributed by atoms with E-state index in [9.17, 15) is 4.79 Å². The highest BCUT2D eigenvalue weighted by atomic mass is 16.5. The van der Waals surface area contributed by atoms with E-state index in [1.165, 1.54) is 0 Å².